The minimum atomic E-state index is -0.408. The van der Waals surface area contributed by atoms with Gasteiger partial charge < -0.3 is 19.2 Å². The van der Waals surface area contributed by atoms with Crippen LogP contribution in [0.4, 0.5) is 0 Å². The van der Waals surface area contributed by atoms with Crippen LogP contribution in [0, 0.1) is 18.3 Å². The summed E-state index contributed by atoms with van der Waals surface area (Å²) < 4.78 is 16.9. The largest absolute Gasteiger partial charge is 0.493 e. The van der Waals surface area contributed by atoms with Crippen molar-refractivity contribution in [2.45, 2.75) is 6.92 Å². The molecule has 1 aliphatic rings. The third-order valence-electron chi connectivity index (χ3n) is 4.53. The van der Waals surface area contributed by atoms with E-state index in [4.69, 9.17) is 14.2 Å². The van der Waals surface area contributed by atoms with Gasteiger partial charge in [-0.15, -0.1) is 0 Å². The van der Waals surface area contributed by atoms with Gasteiger partial charge in [0.15, 0.2) is 11.5 Å². The van der Waals surface area contributed by atoms with E-state index >= 15 is 0 Å². The van der Waals surface area contributed by atoms with E-state index in [9.17, 15) is 10.1 Å². The Morgan fingerprint density at radius 3 is 2.78 bits per heavy atom. The van der Waals surface area contributed by atoms with Gasteiger partial charge in [-0.1, -0.05) is 12.1 Å². The van der Waals surface area contributed by atoms with E-state index in [1.807, 2.05) is 18.2 Å². The van der Waals surface area contributed by atoms with Gasteiger partial charge in [-0.2, -0.15) is 5.26 Å². The number of methoxy groups -OCH3 is 1. The number of morpholine rings is 1. The predicted molar refractivity (Wildman–Crippen MR) is 101 cm³/mol. The van der Waals surface area contributed by atoms with Crippen LogP contribution in [0.2, 0.25) is 0 Å². The Morgan fingerprint density at radius 2 is 2.07 bits per heavy atom. The lowest BCUT2D eigenvalue weighted by molar-refractivity contribution is 0.0321. The predicted octanol–water partition coefficient (Wildman–Crippen LogP) is 1.94. The van der Waals surface area contributed by atoms with Crippen LogP contribution in [0.1, 0.15) is 11.3 Å². The summed E-state index contributed by atoms with van der Waals surface area (Å²) in [6.45, 7) is 6.25. The van der Waals surface area contributed by atoms with Crippen molar-refractivity contribution in [1.29, 1.82) is 5.26 Å². The van der Waals surface area contributed by atoms with Crippen molar-refractivity contribution in [2.24, 2.45) is 0 Å². The molecule has 0 aliphatic carbocycles. The number of para-hydroxylation sites is 1. The van der Waals surface area contributed by atoms with E-state index in [-0.39, 0.29) is 5.56 Å². The van der Waals surface area contributed by atoms with E-state index in [0.717, 1.165) is 32.8 Å². The third kappa shape index (κ3) is 4.30. The second kappa shape index (κ2) is 8.71. The zero-order valence-electron chi connectivity index (χ0n) is 15.6. The lowest BCUT2D eigenvalue weighted by Crippen LogP contribution is -2.38. The molecule has 27 heavy (non-hydrogen) atoms. The average molecular weight is 369 g/mol. The molecule has 1 fully saturated rings. The summed E-state index contributed by atoms with van der Waals surface area (Å²) in [5.41, 5.74) is 1.54. The number of nitrogens with zero attached hydrogens (tertiary/aromatic N) is 2. The van der Waals surface area contributed by atoms with E-state index < -0.39 is 5.56 Å². The summed E-state index contributed by atoms with van der Waals surface area (Å²) >= 11 is 0. The molecule has 1 saturated heterocycles. The number of aromatic amines is 1. The molecule has 0 atom stereocenters. The Hall–Kier alpha value is -2.82. The monoisotopic (exact) mass is 369 g/mol. The fourth-order valence-corrected chi connectivity index (χ4v) is 3.15. The molecule has 1 N–H and O–H groups in total. The summed E-state index contributed by atoms with van der Waals surface area (Å²) in [7, 11) is 1.57. The Labute approximate surface area is 158 Å². The van der Waals surface area contributed by atoms with Gasteiger partial charge in [0, 0.05) is 36.5 Å². The van der Waals surface area contributed by atoms with Crippen molar-refractivity contribution in [3.05, 3.63) is 45.9 Å². The van der Waals surface area contributed by atoms with E-state index in [1.54, 1.807) is 26.2 Å². The number of aryl methyl sites for hydroxylation is 1. The number of benzene rings is 1. The maximum atomic E-state index is 12.2. The lowest BCUT2D eigenvalue weighted by Gasteiger charge is -2.26. The van der Waals surface area contributed by atoms with Gasteiger partial charge in [0.1, 0.15) is 18.2 Å². The molecule has 142 valence electrons. The van der Waals surface area contributed by atoms with Crippen molar-refractivity contribution in [2.75, 3.05) is 46.6 Å². The van der Waals surface area contributed by atoms with Crippen LogP contribution in [0.3, 0.4) is 0 Å². The molecule has 7 nitrogen and oxygen atoms in total. The van der Waals surface area contributed by atoms with Gasteiger partial charge in [0.05, 0.1) is 20.3 Å². The zero-order valence-corrected chi connectivity index (χ0v) is 15.6. The topological polar surface area (TPSA) is 87.6 Å². The molecule has 1 aromatic carbocycles. The first-order valence-corrected chi connectivity index (χ1v) is 8.88. The van der Waals surface area contributed by atoms with Crippen molar-refractivity contribution >= 4 is 0 Å². The highest BCUT2D eigenvalue weighted by Gasteiger charge is 2.18. The molecule has 0 spiro atoms. The molecular weight excluding hydrogens is 346 g/mol. The van der Waals surface area contributed by atoms with Crippen LogP contribution in [0.25, 0.3) is 11.1 Å². The van der Waals surface area contributed by atoms with Gasteiger partial charge in [0.2, 0.25) is 0 Å². The van der Waals surface area contributed by atoms with Gasteiger partial charge in [-0.25, -0.2) is 0 Å². The molecule has 0 saturated carbocycles. The van der Waals surface area contributed by atoms with Crippen LogP contribution in [0.5, 0.6) is 11.5 Å². The van der Waals surface area contributed by atoms with E-state index in [0.29, 0.717) is 34.9 Å². The number of rotatable bonds is 6. The molecule has 1 aliphatic heterocycles. The van der Waals surface area contributed by atoms with Gasteiger partial charge in [-0.05, 0) is 19.1 Å². The lowest BCUT2D eigenvalue weighted by atomic mass is 9.99. The van der Waals surface area contributed by atoms with Gasteiger partial charge in [0.25, 0.3) is 5.56 Å². The SMILES string of the molecule is COc1cccc(-c2cc(C)[nH]c(=O)c2C#N)c1OCCN1CCOCC1. The molecule has 1 aromatic heterocycles. The molecule has 0 unspecified atom stereocenters. The minimum Gasteiger partial charge on any atom is -0.493 e. The normalized spacial score (nSPS) is 14.6. The highest BCUT2D eigenvalue weighted by Crippen LogP contribution is 2.39. The number of pyridine rings is 1. The molecule has 0 amide bonds. The second-order valence-electron chi connectivity index (χ2n) is 6.32. The van der Waals surface area contributed by atoms with Crippen LogP contribution < -0.4 is 15.0 Å². The summed E-state index contributed by atoms with van der Waals surface area (Å²) in [6.07, 6.45) is 0. The average Bonchev–Trinajstić information content (AvgIpc) is 2.68. The maximum absolute atomic E-state index is 12.2. The third-order valence-corrected chi connectivity index (χ3v) is 4.53. The maximum Gasteiger partial charge on any atom is 0.266 e. The van der Waals surface area contributed by atoms with Crippen LogP contribution in [-0.4, -0.2) is 56.4 Å². The Morgan fingerprint density at radius 1 is 1.30 bits per heavy atom. The summed E-state index contributed by atoms with van der Waals surface area (Å²) in [5, 5.41) is 9.45. The summed E-state index contributed by atoms with van der Waals surface area (Å²) in [4.78, 5) is 17.1. The molecule has 3 rings (SSSR count). The number of nitrogens with one attached hydrogen (secondary N) is 1. The van der Waals surface area contributed by atoms with Crippen LogP contribution >= 0.6 is 0 Å². The minimum absolute atomic E-state index is 0.0619. The molecule has 0 bridgehead atoms. The van der Waals surface area contributed by atoms with Crippen molar-refractivity contribution < 1.29 is 14.2 Å². The number of aromatic nitrogens is 1. The fourth-order valence-electron chi connectivity index (χ4n) is 3.15. The standard InChI is InChI=1S/C20H23N3O4/c1-14-12-16(17(13-21)20(24)22-14)15-4-3-5-18(25-2)19(15)27-11-8-23-6-9-26-10-7-23/h3-5,12H,6-11H2,1-2H3,(H,22,24). The Kier molecular flexibility index (Phi) is 6.12. The highest BCUT2D eigenvalue weighted by molar-refractivity contribution is 5.78. The first-order chi connectivity index (χ1) is 13.1. The van der Waals surface area contributed by atoms with Gasteiger partial charge >= 0.3 is 0 Å². The summed E-state index contributed by atoms with van der Waals surface area (Å²) in [6, 6.07) is 9.24. The Balaban J connectivity index is 1.92. The van der Waals surface area contributed by atoms with Gasteiger partial charge in [-0.3, -0.25) is 9.69 Å². The van der Waals surface area contributed by atoms with Crippen molar-refractivity contribution in [1.82, 2.24) is 9.88 Å². The smallest absolute Gasteiger partial charge is 0.266 e. The molecule has 7 heteroatoms. The fraction of sp³-hybridized carbons (Fsp3) is 0.400. The van der Waals surface area contributed by atoms with Crippen molar-refractivity contribution in [3.8, 4) is 28.7 Å². The summed E-state index contributed by atoms with van der Waals surface area (Å²) in [5.74, 6) is 1.10. The quantitative estimate of drug-likeness (QED) is 0.837. The molecule has 2 aromatic rings. The first-order valence-electron chi connectivity index (χ1n) is 8.88. The molecule has 0 radical (unpaired) electrons. The van der Waals surface area contributed by atoms with Crippen LogP contribution in [0.15, 0.2) is 29.1 Å². The number of ether oxygens (including phenoxy) is 3. The number of H-pyrrole nitrogens is 1. The van der Waals surface area contributed by atoms with E-state index in [2.05, 4.69) is 9.88 Å². The number of nitriles is 1. The van der Waals surface area contributed by atoms with Crippen molar-refractivity contribution in [3.63, 3.8) is 0 Å². The second-order valence-corrected chi connectivity index (χ2v) is 6.32. The number of hydrogen-bond acceptors (Lipinski definition) is 6. The first kappa shape index (κ1) is 19.0. The molecule has 2 heterocycles. The zero-order chi connectivity index (χ0) is 19.2. The van der Waals surface area contributed by atoms with E-state index in [1.165, 1.54) is 0 Å². The molecular formula is C20H23N3O4. The van der Waals surface area contributed by atoms with Crippen LogP contribution in [-0.2, 0) is 4.74 Å². The number of hydrogen-bond donors (Lipinski definition) is 1. The highest BCUT2D eigenvalue weighted by atomic mass is 16.5. The Bertz CT molecular complexity index is 895.